The summed E-state index contributed by atoms with van der Waals surface area (Å²) in [5, 5.41) is 3.05. The molecule has 0 spiro atoms. The molecule has 2 atom stereocenters. The maximum absolute atomic E-state index is 12.5. The fourth-order valence-electron chi connectivity index (χ4n) is 4.00. The Bertz CT molecular complexity index is 835. The van der Waals surface area contributed by atoms with Crippen LogP contribution in [0.2, 0.25) is 0 Å². The van der Waals surface area contributed by atoms with Gasteiger partial charge in [-0.2, -0.15) is 0 Å². The van der Waals surface area contributed by atoms with Gasteiger partial charge in [0, 0.05) is 31.2 Å². The first-order valence-electron chi connectivity index (χ1n) is 9.71. The molecule has 1 aromatic carbocycles. The van der Waals surface area contributed by atoms with Crippen molar-refractivity contribution in [1.29, 1.82) is 0 Å². The van der Waals surface area contributed by atoms with Crippen molar-refractivity contribution in [2.75, 3.05) is 31.4 Å². The van der Waals surface area contributed by atoms with Crippen LogP contribution in [-0.4, -0.2) is 68.8 Å². The fourth-order valence-corrected chi connectivity index (χ4v) is 5.76. The summed E-state index contributed by atoms with van der Waals surface area (Å²) in [5.74, 6) is 2.26. The first-order valence-corrected chi connectivity index (χ1v) is 11.5. The van der Waals surface area contributed by atoms with Crippen molar-refractivity contribution in [1.82, 2.24) is 10.2 Å². The van der Waals surface area contributed by atoms with E-state index in [-0.39, 0.29) is 30.5 Å². The van der Waals surface area contributed by atoms with Gasteiger partial charge in [-0.05, 0) is 38.3 Å². The Morgan fingerprint density at radius 1 is 1.21 bits per heavy atom. The average Bonchev–Trinajstić information content (AvgIpc) is 3.27. The standard InChI is InChI=1S/C19H26N2O6S/c1-13(27-16-2-3-17-18(10-16)26-12-25-17)19(22)20-14-4-7-21(8-5-14)15-6-9-28(23,24)11-15/h2-3,10,13-15H,4-9,11-12H2,1H3,(H,20,22)/t13-,15-/m0/s1. The van der Waals surface area contributed by atoms with E-state index < -0.39 is 15.9 Å². The monoisotopic (exact) mass is 410 g/mol. The topological polar surface area (TPSA) is 94.2 Å². The van der Waals surface area contributed by atoms with Crippen molar-refractivity contribution >= 4 is 15.7 Å². The van der Waals surface area contributed by atoms with E-state index in [2.05, 4.69) is 10.2 Å². The summed E-state index contributed by atoms with van der Waals surface area (Å²) in [6.07, 6.45) is 1.73. The molecule has 1 amide bonds. The Morgan fingerprint density at radius 2 is 1.96 bits per heavy atom. The maximum Gasteiger partial charge on any atom is 0.260 e. The number of fused-ring (bicyclic) bond motifs is 1. The van der Waals surface area contributed by atoms with Crippen LogP contribution in [0.4, 0.5) is 0 Å². The number of nitrogens with zero attached hydrogens (tertiary/aromatic N) is 1. The highest BCUT2D eigenvalue weighted by Gasteiger charge is 2.34. The Labute approximate surface area is 165 Å². The second kappa shape index (κ2) is 7.79. The molecule has 154 valence electrons. The minimum absolute atomic E-state index is 0.0876. The van der Waals surface area contributed by atoms with Gasteiger partial charge < -0.3 is 19.5 Å². The SMILES string of the molecule is C[C@H](Oc1ccc2c(c1)OCO2)C(=O)NC1CCN([C@H]2CCS(=O)(=O)C2)CC1. The number of rotatable bonds is 5. The molecule has 3 aliphatic heterocycles. The maximum atomic E-state index is 12.5. The van der Waals surface area contributed by atoms with Gasteiger partial charge in [0.15, 0.2) is 27.4 Å². The van der Waals surface area contributed by atoms with Crippen molar-refractivity contribution < 1.29 is 27.4 Å². The van der Waals surface area contributed by atoms with Gasteiger partial charge in [0.05, 0.1) is 11.5 Å². The van der Waals surface area contributed by atoms with E-state index in [0.29, 0.717) is 23.0 Å². The highest BCUT2D eigenvalue weighted by Crippen LogP contribution is 2.35. The van der Waals surface area contributed by atoms with Gasteiger partial charge in [-0.15, -0.1) is 0 Å². The van der Waals surface area contributed by atoms with Gasteiger partial charge in [0.2, 0.25) is 6.79 Å². The molecule has 1 aromatic rings. The first-order chi connectivity index (χ1) is 13.4. The van der Waals surface area contributed by atoms with Crippen LogP contribution in [0.25, 0.3) is 0 Å². The van der Waals surface area contributed by atoms with Crippen LogP contribution in [0.5, 0.6) is 17.2 Å². The largest absolute Gasteiger partial charge is 0.481 e. The van der Waals surface area contributed by atoms with Crippen LogP contribution >= 0.6 is 0 Å². The van der Waals surface area contributed by atoms with Gasteiger partial charge in [-0.1, -0.05) is 0 Å². The second-order valence-electron chi connectivity index (χ2n) is 7.65. The smallest absolute Gasteiger partial charge is 0.260 e. The van der Waals surface area contributed by atoms with Gasteiger partial charge in [0.1, 0.15) is 5.75 Å². The molecule has 0 bridgehead atoms. The third-order valence-electron chi connectivity index (χ3n) is 5.63. The number of hydrogen-bond donors (Lipinski definition) is 1. The molecule has 28 heavy (non-hydrogen) atoms. The lowest BCUT2D eigenvalue weighted by atomic mass is 10.0. The van der Waals surface area contributed by atoms with Crippen LogP contribution in [0.3, 0.4) is 0 Å². The summed E-state index contributed by atoms with van der Waals surface area (Å²) in [6.45, 7) is 3.53. The molecule has 2 saturated heterocycles. The zero-order chi connectivity index (χ0) is 19.7. The highest BCUT2D eigenvalue weighted by molar-refractivity contribution is 7.91. The molecule has 0 saturated carbocycles. The predicted octanol–water partition coefficient (Wildman–Crippen LogP) is 0.950. The quantitative estimate of drug-likeness (QED) is 0.772. The molecule has 0 aromatic heterocycles. The van der Waals surface area contributed by atoms with E-state index in [1.165, 1.54) is 0 Å². The molecule has 0 aliphatic carbocycles. The number of amides is 1. The van der Waals surface area contributed by atoms with Gasteiger partial charge in [-0.3, -0.25) is 9.69 Å². The first kappa shape index (κ1) is 19.3. The van der Waals surface area contributed by atoms with E-state index in [9.17, 15) is 13.2 Å². The summed E-state index contributed by atoms with van der Waals surface area (Å²) in [6, 6.07) is 5.46. The molecule has 4 rings (SSSR count). The number of piperidine rings is 1. The molecule has 3 aliphatic rings. The Balaban J connectivity index is 1.24. The third-order valence-corrected chi connectivity index (χ3v) is 7.38. The van der Waals surface area contributed by atoms with Gasteiger partial charge in [0.25, 0.3) is 5.91 Å². The predicted molar refractivity (Wildman–Crippen MR) is 102 cm³/mol. The summed E-state index contributed by atoms with van der Waals surface area (Å²) in [7, 11) is -2.87. The Kier molecular flexibility index (Phi) is 5.37. The molecule has 1 N–H and O–H groups in total. The highest BCUT2D eigenvalue weighted by atomic mass is 32.2. The zero-order valence-electron chi connectivity index (χ0n) is 15.9. The van der Waals surface area contributed by atoms with E-state index in [1.807, 2.05) is 0 Å². The number of sulfone groups is 1. The minimum Gasteiger partial charge on any atom is -0.481 e. The van der Waals surface area contributed by atoms with Crippen LogP contribution in [-0.2, 0) is 14.6 Å². The molecule has 3 heterocycles. The number of carbonyl (C=O) groups excluding carboxylic acids is 1. The van der Waals surface area contributed by atoms with Crippen molar-refractivity contribution in [3.63, 3.8) is 0 Å². The number of carbonyl (C=O) groups is 1. The second-order valence-corrected chi connectivity index (χ2v) is 9.88. The third kappa shape index (κ3) is 4.35. The van der Waals surface area contributed by atoms with Crippen molar-refractivity contribution in [3.05, 3.63) is 18.2 Å². The Morgan fingerprint density at radius 3 is 2.68 bits per heavy atom. The fraction of sp³-hybridized carbons (Fsp3) is 0.632. The molecular weight excluding hydrogens is 384 g/mol. The number of likely N-dealkylation sites (tertiary alicyclic amines) is 1. The Hall–Kier alpha value is -2.00. The van der Waals surface area contributed by atoms with Crippen molar-refractivity contribution in [2.24, 2.45) is 0 Å². The van der Waals surface area contributed by atoms with Gasteiger partial charge in [-0.25, -0.2) is 8.42 Å². The molecule has 2 fully saturated rings. The minimum atomic E-state index is -2.87. The zero-order valence-corrected chi connectivity index (χ0v) is 16.7. The lowest BCUT2D eigenvalue weighted by molar-refractivity contribution is -0.128. The van der Waals surface area contributed by atoms with Crippen LogP contribution in [0.1, 0.15) is 26.2 Å². The lowest BCUT2D eigenvalue weighted by Gasteiger charge is -2.36. The number of hydrogen-bond acceptors (Lipinski definition) is 7. The lowest BCUT2D eigenvalue weighted by Crippen LogP contribution is -2.50. The normalized spacial score (nSPS) is 25.4. The average molecular weight is 410 g/mol. The molecular formula is C19H26N2O6S. The van der Waals surface area contributed by atoms with Crippen LogP contribution in [0.15, 0.2) is 18.2 Å². The number of nitrogens with one attached hydrogen (secondary N) is 1. The van der Waals surface area contributed by atoms with Crippen LogP contribution in [0, 0.1) is 0 Å². The number of ether oxygens (including phenoxy) is 3. The van der Waals surface area contributed by atoms with Gasteiger partial charge >= 0.3 is 0 Å². The molecule has 9 heteroatoms. The molecule has 8 nitrogen and oxygen atoms in total. The van der Waals surface area contributed by atoms with Crippen molar-refractivity contribution in [3.8, 4) is 17.2 Å². The van der Waals surface area contributed by atoms with E-state index >= 15 is 0 Å². The number of benzene rings is 1. The summed E-state index contributed by atoms with van der Waals surface area (Å²) in [5.41, 5.74) is 0. The van der Waals surface area contributed by atoms with E-state index in [0.717, 1.165) is 32.4 Å². The van der Waals surface area contributed by atoms with Crippen LogP contribution < -0.4 is 19.5 Å². The van der Waals surface area contributed by atoms with E-state index in [1.54, 1.807) is 25.1 Å². The molecule has 0 unspecified atom stereocenters. The van der Waals surface area contributed by atoms with E-state index in [4.69, 9.17) is 14.2 Å². The van der Waals surface area contributed by atoms with Crippen molar-refractivity contribution in [2.45, 2.75) is 44.4 Å². The molecule has 0 radical (unpaired) electrons. The summed E-state index contributed by atoms with van der Waals surface area (Å²) < 4.78 is 39.7. The summed E-state index contributed by atoms with van der Waals surface area (Å²) >= 11 is 0. The summed E-state index contributed by atoms with van der Waals surface area (Å²) in [4.78, 5) is 14.7.